The fraction of sp³-hybridized carbons (Fsp3) is 0.800. The topological polar surface area (TPSA) is 18.5 Å². The Hall–Kier alpha value is -0.0800. The monoisotopic (exact) mass is 103 g/mol. The van der Waals surface area contributed by atoms with Gasteiger partial charge in [-0.1, -0.05) is 0 Å². The van der Waals surface area contributed by atoms with Crippen LogP contribution in [-0.4, -0.2) is 26.9 Å². The van der Waals surface area contributed by atoms with Gasteiger partial charge in [-0.05, 0) is 6.92 Å². The molecule has 0 fully saturated rings. The van der Waals surface area contributed by atoms with Crippen LogP contribution in [-0.2, 0) is 9.47 Å². The Labute approximate surface area is 44.4 Å². The molecule has 0 bridgehead atoms. The molecule has 0 aliphatic carbocycles. The second-order valence-electron chi connectivity index (χ2n) is 1.11. The average molecular weight is 103 g/mol. The van der Waals surface area contributed by atoms with Gasteiger partial charge in [0.1, 0.15) is 0 Å². The van der Waals surface area contributed by atoms with Crippen molar-refractivity contribution in [1.29, 1.82) is 0 Å². The molecule has 2 heteroatoms. The van der Waals surface area contributed by atoms with Crippen LogP contribution in [0.3, 0.4) is 0 Å². The molecule has 0 aliphatic rings. The van der Waals surface area contributed by atoms with Crippen molar-refractivity contribution in [1.82, 2.24) is 0 Å². The second-order valence-corrected chi connectivity index (χ2v) is 1.11. The lowest BCUT2D eigenvalue weighted by Crippen LogP contribution is -2.00. The van der Waals surface area contributed by atoms with Crippen molar-refractivity contribution in [2.75, 3.05) is 26.9 Å². The van der Waals surface area contributed by atoms with Gasteiger partial charge in [0, 0.05) is 13.7 Å². The van der Waals surface area contributed by atoms with E-state index in [1.165, 1.54) is 0 Å². The van der Waals surface area contributed by atoms with E-state index in [1.807, 2.05) is 0 Å². The Balaban J connectivity index is 2.45. The highest BCUT2D eigenvalue weighted by Crippen LogP contribution is 1.71. The number of methoxy groups -OCH3 is 1. The van der Waals surface area contributed by atoms with Crippen molar-refractivity contribution in [3.8, 4) is 0 Å². The summed E-state index contributed by atoms with van der Waals surface area (Å²) in [7, 11) is 1.65. The highest BCUT2D eigenvalue weighted by Gasteiger charge is 1.78. The Morgan fingerprint density at radius 1 is 1.43 bits per heavy atom. The molecule has 2 nitrogen and oxygen atoms in total. The number of ether oxygens (including phenoxy) is 2. The van der Waals surface area contributed by atoms with Crippen LogP contribution in [0.4, 0.5) is 0 Å². The fourth-order valence-electron chi connectivity index (χ4n) is 0.244. The van der Waals surface area contributed by atoms with Gasteiger partial charge >= 0.3 is 0 Å². The Bertz CT molecular complexity index is 25.3. The quantitative estimate of drug-likeness (QED) is 0.482. The van der Waals surface area contributed by atoms with Crippen molar-refractivity contribution in [2.24, 2.45) is 0 Å². The molecule has 0 saturated heterocycles. The van der Waals surface area contributed by atoms with Crippen LogP contribution >= 0.6 is 0 Å². The van der Waals surface area contributed by atoms with Crippen LogP contribution < -0.4 is 0 Å². The van der Waals surface area contributed by atoms with Gasteiger partial charge in [0.05, 0.1) is 13.2 Å². The van der Waals surface area contributed by atoms with E-state index in [9.17, 15) is 0 Å². The summed E-state index contributed by atoms with van der Waals surface area (Å²) in [5, 5.41) is 0. The van der Waals surface area contributed by atoms with Gasteiger partial charge in [-0.3, -0.25) is 0 Å². The first-order valence-corrected chi connectivity index (χ1v) is 2.27. The highest BCUT2D eigenvalue weighted by atomic mass is 16.5. The number of hydrogen-bond donors (Lipinski definition) is 0. The van der Waals surface area contributed by atoms with Gasteiger partial charge in [-0.25, -0.2) is 0 Å². The molecule has 0 aromatic carbocycles. The van der Waals surface area contributed by atoms with Crippen molar-refractivity contribution in [2.45, 2.75) is 0 Å². The van der Waals surface area contributed by atoms with E-state index < -0.39 is 0 Å². The van der Waals surface area contributed by atoms with E-state index in [0.717, 1.165) is 0 Å². The first-order valence-electron chi connectivity index (χ1n) is 2.27. The predicted molar refractivity (Wildman–Crippen MR) is 28.1 cm³/mol. The Morgan fingerprint density at radius 3 is 2.57 bits per heavy atom. The van der Waals surface area contributed by atoms with E-state index in [-0.39, 0.29) is 0 Å². The van der Waals surface area contributed by atoms with E-state index in [2.05, 4.69) is 6.92 Å². The zero-order valence-corrected chi connectivity index (χ0v) is 4.64. The standard InChI is InChI=1S/C5H11O2/c1-3-7-5-4-6-2/h1,3-5H2,2H3. The van der Waals surface area contributed by atoms with Crippen molar-refractivity contribution in [3.05, 3.63) is 6.92 Å². The highest BCUT2D eigenvalue weighted by molar-refractivity contribution is 4.30. The summed E-state index contributed by atoms with van der Waals surface area (Å²) in [6.45, 7) is 5.33. The largest absolute Gasteiger partial charge is 0.382 e. The summed E-state index contributed by atoms with van der Waals surface area (Å²) in [5.41, 5.74) is 0. The third-order valence-corrected chi connectivity index (χ3v) is 0.576. The van der Waals surface area contributed by atoms with Crippen LogP contribution in [0.15, 0.2) is 0 Å². The maximum Gasteiger partial charge on any atom is 0.0700 e. The van der Waals surface area contributed by atoms with Crippen LogP contribution in [0.5, 0.6) is 0 Å². The summed E-state index contributed by atoms with van der Waals surface area (Å²) < 4.78 is 9.53. The van der Waals surface area contributed by atoms with Crippen LogP contribution in [0.1, 0.15) is 0 Å². The molecule has 0 aromatic heterocycles. The molecular weight excluding hydrogens is 92.1 g/mol. The van der Waals surface area contributed by atoms with Crippen molar-refractivity contribution in [3.63, 3.8) is 0 Å². The normalized spacial score (nSPS) is 9.43. The Morgan fingerprint density at radius 2 is 2.14 bits per heavy atom. The third-order valence-electron chi connectivity index (χ3n) is 0.576. The summed E-state index contributed by atoms with van der Waals surface area (Å²) in [6, 6.07) is 0. The molecule has 7 heavy (non-hydrogen) atoms. The van der Waals surface area contributed by atoms with Gasteiger partial charge in [0.25, 0.3) is 0 Å². The lowest BCUT2D eigenvalue weighted by atomic mass is 10.7. The van der Waals surface area contributed by atoms with Crippen molar-refractivity contribution >= 4 is 0 Å². The van der Waals surface area contributed by atoms with Gasteiger partial charge in [0.2, 0.25) is 0 Å². The van der Waals surface area contributed by atoms with Gasteiger partial charge in [-0.15, -0.1) is 0 Å². The van der Waals surface area contributed by atoms with Crippen molar-refractivity contribution < 1.29 is 9.47 Å². The molecular formula is C5H11O2. The third kappa shape index (κ3) is 5.92. The van der Waals surface area contributed by atoms with Crippen LogP contribution in [0, 0.1) is 6.92 Å². The molecule has 0 aromatic rings. The lowest BCUT2D eigenvalue weighted by Gasteiger charge is -1.95. The van der Waals surface area contributed by atoms with E-state index >= 15 is 0 Å². The SMILES string of the molecule is [CH2]COCCOC. The molecule has 0 saturated carbocycles. The minimum absolute atomic E-state index is 0.531. The number of rotatable bonds is 4. The van der Waals surface area contributed by atoms with Gasteiger partial charge in [-0.2, -0.15) is 0 Å². The van der Waals surface area contributed by atoms with Crippen LogP contribution in [0.2, 0.25) is 0 Å². The summed E-state index contributed by atoms with van der Waals surface area (Å²) >= 11 is 0. The molecule has 0 atom stereocenters. The van der Waals surface area contributed by atoms with Gasteiger partial charge in [0.15, 0.2) is 0 Å². The molecule has 43 valence electrons. The predicted octanol–water partition coefficient (Wildman–Crippen LogP) is 0.483. The molecule has 1 radical (unpaired) electrons. The van der Waals surface area contributed by atoms with E-state index in [0.29, 0.717) is 19.8 Å². The maximum absolute atomic E-state index is 4.84. The number of hydrogen-bond acceptors (Lipinski definition) is 2. The summed E-state index contributed by atoms with van der Waals surface area (Å²) in [4.78, 5) is 0. The molecule has 0 N–H and O–H groups in total. The Kier molecular flexibility index (Phi) is 5.85. The molecule has 0 rings (SSSR count). The minimum atomic E-state index is 0.531. The molecule has 0 amide bonds. The summed E-state index contributed by atoms with van der Waals surface area (Å²) in [6.07, 6.45) is 0. The molecule has 0 spiro atoms. The first kappa shape index (κ1) is 6.92. The van der Waals surface area contributed by atoms with Gasteiger partial charge < -0.3 is 9.47 Å². The zero-order chi connectivity index (χ0) is 5.54. The lowest BCUT2D eigenvalue weighted by molar-refractivity contribution is 0.0846. The zero-order valence-electron chi connectivity index (χ0n) is 4.64. The molecule has 0 unspecified atom stereocenters. The smallest absolute Gasteiger partial charge is 0.0700 e. The van der Waals surface area contributed by atoms with Crippen LogP contribution in [0.25, 0.3) is 0 Å². The second kappa shape index (κ2) is 5.92. The van der Waals surface area contributed by atoms with E-state index in [4.69, 9.17) is 9.47 Å². The minimum Gasteiger partial charge on any atom is -0.382 e. The fourth-order valence-corrected chi connectivity index (χ4v) is 0.244. The maximum atomic E-state index is 4.84. The first-order chi connectivity index (χ1) is 3.41. The average Bonchev–Trinajstić information content (AvgIpc) is 1.69. The van der Waals surface area contributed by atoms with E-state index in [1.54, 1.807) is 7.11 Å². The molecule has 0 aliphatic heterocycles. The molecule has 0 heterocycles. The summed E-state index contributed by atoms with van der Waals surface area (Å²) in [5.74, 6) is 0.